The van der Waals surface area contributed by atoms with Gasteiger partial charge in [0.25, 0.3) is 0 Å². The van der Waals surface area contributed by atoms with E-state index >= 15 is 0 Å². The van der Waals surface area contributed by atoms with Gasteiger partial charge in [0, 0.05) is 12.5 Å². The van der Waals surface area contributed by atoms with Crippen LogP contribution in [0.5, 0.6) is 0 Å². The Morgan fingerprint density at radius 3 is 2.55 bits per heavy atom. The van der Waals surface area contributed by atoms with Crippen molar-refractivity contribution in [2.45, 2.75) is 38.8 Å². The zero-order valence-electron chi connectivity index (χ0n) is 12.8. The van der Waals surface area contributed by atoms with Crippen LogP contribution < -0.4 is 11.1 Å². The van der Waals surface area contributed by atoms with E-state index in [9.17, 15) is 4.79 Å². The van der Waals surface area contributed by atoms with Gasteiger partial charge in [-0.3, -0.25) is 4.79 Å². The van der Waals surface area contributed by atoms with E-state index in [4.69, 9.17) is 5.73 Å². The Bertz CT molecular complexity index is 568. The smallest absolute Gasteiger partial charge is 0.220 e. The van der Waals surface area contributed by atoms with Gasteiger partial charge in [0.15, 0.2) is 0 Å². The Labute approximate surface area is 136 Å². The molecule has 6 nitrogen and oxygen atoms in total. The molecule has 0 saturated carbocycles. The Hall–Kier alpha value is -1.92. The van der Waals surface area contributed by atoms with Crippen molar-refractivity contribution in [3.05, 3.63) is 42.5 Å². The normalized spacial score (nSPS) is 13.0. The minimum atomic E-state index is -0.0321. The van der Waals surface area contributed by atoms with Crippen LogP contribution in [0.4, 0.5) is 0 Å². The first-order valence-electron chi connectivity index (χ1n) is 7.06. The van der Waals surface area contributed by atoms with Crippen molar-refractivity contribution < 1.29 is 4.79 Å². The van der Waals surface area contributed by atoms with Crippen LogP contribution in [0.1, 0.15) is 38.3 Å². The number of carbonyl (C=O) groups excluding carboxylic acids is 1. The van der Waals surface area contributed by atoms with Crippen LogP contribution in [-0.2, 0) is 4.79 Å². The van der Waals surface area contributed by atoms with E-state index < -0.39 is 0 Å². The third-order valence-corrected chi connectivity index (χ3v) is 3.28. The minimum absolute atomic E-state index is 0. The van der Waals surface area contributed by atoms with Gasteiger partial charge in [-0.25, -0.2) is 9.67 Å². The molecule has 0 aliphatic carbocycles. The van der Waals surface area contributed by atoms with Gasteiger partial charge in [0.1, 0.15) is 12.7 Å². The third kappa shape index (κ3) is 5.13. The average molecular weight is 324 g/mol. The van der Waals surface area contributed by atoms with E-state index in [2.05, 4.69) is 15.4 Å². The second kappa shape index (κ2) is 8.51. The molecule has 0 saturated heterocycles. The van der Waals surface area contributed by atoms with Crippen molar-refractivity contribution in [3.63, 3.8) is 0 Å². The number of nitrogens with one attached hydrogen (secondary N) is 1. The Morgan fingerprint density at radius 2 is 2.00 bits per heavy atom. The molecule has 0 aliphatic heterocycles. The highest BCUT2D eigenvalue weighted by Crippen LogP contribution is 2.15. The SMILES string of the molecule is CC(N)CCC(=O)NC(C)c1ccc(-n2cncn2)cc1.Cl. The van der Waals surface area contributed by atoms with E-state index in [1.807, 2.05) is 38.1 Å². The van der Waals surface area contributed by atoms with Gasteiger partial charge in [-0.2, -0.15) is 5.10 Å². The predicted molar refractivity (Wildman–Crippen MR) is 88.0 cm³/mol. The summed E-state index contributed by atoms with van der Waals surface area (Å²) in [6, 6.07) is 7.88. The topological polar surface area (TPSA) is 85.8 Å². The molecule has 0 aliphatic rings. The Kier molecular flexibility index (Phi) is 7.01. The molecule has 22 heavy (non-hydrogen) atoms. The van der Waals surface area contributed by atoms with E-state index in [0.717, 1.165) is 11.3 Å². The van der Waals surface area contributed by atoms with Gasteiger partial charge in [-0.05, 0) is 38.0 Å². The molecule has 1 aromatic heterocycles. The van der Waals surface area contributed by atoms with Gasteiger partial charge in [0.05, 0.1) is 11.7 Å². The van der Waals surface area contributed by atoms with Gasteiger partial charge in [-0.1, -0.05) is 12.1 Å². The lowest BCUT2D eigenvalue weighted by Gasteiger charge is -2.15. The number of amides is 1. The number of carbonyl (C=O) groups is 1. The lowest BCUT2D eigenvalue weighted by Crippen LogP contribution is -2.28. The molecule has 7 heteroatoms. The molecule has 120 valence electrons. The van der Waals surface area contributed by atoms with Crippen LogP contribution in [0.15, 0.2) is 36.9 Å². The summed E-state index contributed by atoms with van der Waals surface area (Å²) in [7, 11) is 0. The van der Waals surface area contributed by atoms with Crippen LogP contribution in [-0.4, -0.2) is 26.7 Å². The Balaban J connectivity index is 0.00000242. The van der Waals surface area contributed by atoms with Gasteiger partial charge in [-0.15, -0.1) is 12.4 Å². The molecule has 1 amide bonds. The number of aromatic nitrogens is 3. The van der Waals surface area contributed by atoms with Crippen LogP contribution in [0.25, 0.3) is 5.69 Å². The van der Waals surface area contributed by atoms with Crippen molar-refractivity contribution >= 4 is 18.3 Å². The van der Waals surface area contributed by atoms with Gasteiger partial charge < -0.3 is 11.1 Å². The lowest BCUT2D eigenvalue weighted by atomic mass is 10.1. The molecule has 0 radical (unpaired) electrons. The van der Waals surface area contributed by atoms with Crippen molar-refractivity contribution in [1.29, 1.82) is 0 Å². The maximum atomic E-state index is 11.8. The first kappa shape index (κ1) is 18.1. The summed E-state index contributed by atoms with van der Waals surface area (Å²) >= 11 is 0. The molecule has 3 N–H and O–H groups in total. The summed E-state index contributed by atoms with van der Waals surface area (Å²) in [6.07, 6.45) is 4.30. The zero-order chi connectivity index (χ0) is 15.2. The maximum Gasteiger partial charge on any atom is 0.220 e. The van der Waals surface area contributed by atoms with Crippen LogP contribution in [0, 0.1) is 0 Å². The van der Waals surface area contributed by atoms with E-state index in [1.165, 1.54) is 6.33 Å². The summed E-state index contributed by atoms with van der Waals surface area (Å²) in [4.78, 5) is 15.7. The number of benzene rings is 1. The van der Waals surface area contributed by atoms with E-state index in [-0.39, 0.29) is 30.4 Å². The summed E-state index contributed by atoms with van der Waals surface area (Å²) in [5.74, 6) is 0.0279. The quantitative estimate of drug-likeness (QED) is 0.851. The maximum absolute atomic E-state index is 11.8. The highest BCUT2D eigenvalue weighted by atomic mass is 35.5. The van der Waals surface area contributed by atoms with Crippen molar-refractivity contribution in [1.82, 2.24) is 20.1 Å². The van der Waals surface area contributed by atoms with E-state index in [1.54, 1.807) is 11.0 Å². The highest BCUT2D eigenvalue weighted by Gasteiger charge is 2.10. The fourth-order valence-electron chi connectivity index (χ4n) is 2.01. The van der Waals surface area contributed by atoms with Crippen molar-refractivity contribution in [2.75, 3.05) is 0 Å². The molecule has 0 bridgehead atoms. The summed E-state index contributed by atoms with van der Waals surface area (Å²) in [5, 5.41) is 7.05. The largest absolute Gasteiger partial charge is 0.350 e. The number of halogens is 1. The molecular weight excluding hydrogens is 302 g/mol. The van der Waals surface area contributed by atoms with Crippen molar-refractivity contribution in [3.8, 4) is 5.69 Å². The number of hydrogen-bond donors (Lipinski definition) is 2. The number of rotatable bonds is 6. The molecule has 2 aromatic rings. The molecule has 0 fully saturated rings. The zero-order valence-corrected chi connectivity index (χ0v) is 13.6. The minimum Gasteiger partial charge on any atom is -0.350 e. The molecule has 1 aromatic carbocycles. The fraction of sp³-hybridized carbons (Fsp3) is 0.400. The number of nitrogens with zero attached hydrogens (tertiary/aromatic N) is 3. The molecule has 1 heterocycles. The summed E-state index contributed by atoms with van der Waals surface area (Å²) in [6.45, 7) is 3.87. The second-order valence-electron chi connectivity index (χ2n) is 5.24. The first-order chi connectivity index (χ1) is 10.1. The highest BCUT2D eigenvalue weighted by molar-refractivity contribution is 5.85. The first-order valence-corrected chi connectivity index (χ1v) is 7.06. The second-order valence-corrected chi connectivity index (χ2v) is 5.24. The van der Waals surface area contributed by atoms with Crippen LogP contribution in [0.2, 0.25) is 0 Å². The van der Waals surface area contributed by atoms with E-state index in [0.29, 0.717) is 12.8 Å². The van der Waals surface area contributed by atoms with Gasteiger partial charge >= 0.3 is 0 Å². The third-order valence-electron chi connectivity index (χ3n) is 3.28. The van der Waals surface area contributed by atoms with Crippen molar-refractivity contribution in [2.24, 2.45) is 5.73 Å². The molecular formula is C15H22ClN5O. The lowest BCUT2D eigenvalue weighted by molar-refractivity contribution is -0.121. The number of nitrogens with two attached hydrogens (primary N) is 1. The molecule has 2 unspecified atom stereocenters. The summed E-state index contributed by atoms with van der Waals surface area (Å²) < 4.78 is 1.69. The average Bonchev–Trinajstić information content (AvgIpc) is 2.99. The standard InChI is InChI=1S/C15H21N5O.ClH/c1-11(16)3-8-15(21)19-12(2)13-4-6-14(7-5-13)20-10-17-9-18-20;/h4-7,9-12H,3,8,16H2,1-2H3,(H,19,21);1H. The molecule has 2 rings (SSSR count). The molecule has 2 atom stereocenters. The molecule has 0 spiro atoms. The Morgan fingerprint density at radius 1 is 1.32 bits per heavy atom. The summed E-state index contributed by atoms with van der Waals surface area (Å²) in [5.41, 5.74) is 7.64. The van der Waals surface area contributed by atoms with Gasteiger partial charge in [0.2, 0.25) is 5.91 Å². The van der Waals surface area contributed by atoms with Crippen LogP contribution >= 0.6 is 12.4 Å². The predicted octanol–water partition coefficient (Wildman–Crippen LogP) is 1.99. The van der Waals surface area contributed by atoms with Crippen LogP contribution in [0.3, 0.4) is 0 Å². The fourth-order valence-corrected chi connectivity index (χ4v) is 2.01. The monoisotopic (exact) mass is 323 g/mol. The number of hydrogen-bond acceptors (Lipinski definition) is 4.